The van der Waals surface area contributed by atoms with Gasteiger partial charge in [0.05, 0.1) is 5.92 Å². The summed E-state index contributed by atoms with van der Waals surface area (Å²) in [6.07, 6.45) is 20.1. The minimum atomic E-state index is -0.629. The van der Waals surface area contributed by atoms with Crippen LogP contribution >= 0.6 is 77.2 Å². The first-order valence-electron chi connectivity index (χ1n) is 23.4. The zero-order chi connectivity index (χ0) is 45.8. The number of ketones is 2. The van der Waals surface area contributed by atoms with Gasteiger partial charge in [-0.2, -0.15) is 0 Å². The van der Waals surface area contributed by atoms with E-state index in [2.05, 4.69) is 129 Å². The predicted molar refractivity (Wildman–Crippen MR) is 271 cm³/mol. The summed E-state index contributed by atoms with van der Waals surface area (Å²) in [4.78, 5) is 61.8. The number of carbonyl (C=O) groups is 5. The summed E-state index contributed by atoms with van der Waals surface area (Å²) in [6, 6.07) is 4.20. The van der Waals surface area contributed by atoms with E-state index in [0.717, 1.165) is 82.1 Å². The zero-order valence-corrected chi connectivity index (χ0v) is 47.5. The Balaban J connectivity index is 0.000000148. The molecule has 8 fully saturated rings. The summed E-state index contributed by atoms with van der Waals surface area (Å²) < 4.78 is 24.4. The number of esters is 3. The number of ether oxygens (including phenoxy) is 3. The van der Waals surface area contributed by atoms with E-state index in [1.165, 1.54) is 16.7 Å². The molecular weight excluding hydrogens is 1300 g/mol. The van der Waals surface area contributed by atoms with Gasteiger partial charge in [0, 0.05) is 103 Å². The molecular formula is C50H60I4O9V. The van der Waals surface area contributed by atoms with Gasteiger partial charge >= 0.3 is 67.3 Å². The van der Waals surface area contributed by atoms with Gasteiger partial charge in [0.2, 0.25) is 0 Å². The number of Topliss-reactive ketones (excluding diaryl/α,β-unsaturated/α-hetero) is 1. The molecule has 0 radical (unpaired) electrons. The molecule has 0 N–H and O–H groups in total. The van der Waals surface area contributed by atoms with Crippen molar-refractivity contribution >= 4 is 107 Å². The van der Waals surface area contributed by atoms with E-state index in [1.54, 1.807) is 0 Å². The van der Waals surface area contributed by atoms with E-state index in [-0.39, 0.29) is 80.1 Å². The third-order valence-electron chi connectivity index (χ3n) is 19.8. The number of carbonyl (C=O) groups excluding carboxylic acids is 5. The average molecular weight is 1360 g/mol. The van der Waals surface area contributed by atoms with Crippen LogP contribution in [-0.2, 0) is 47.6 Å². The van der Waals surface area contributed by atoms with E-state index < -0.39 is 5.60 Å². The molecule has 13 atom stereocenters. The van der Waals surface area contributed by atoms with Gasteiger partial charge in [0.1, 0.15) is 34.1 Å². The van der Waals surface area contributed by atoms with Crippen molar-refractivity contribution in [3.05, 3.63) is 58.6 Å². The second-order valence-corrected chi connectivity index (χ2v) is 33.7. The fourth-order valence-electron chi connectivity index (χ4n) is 16.4. The van der Waals surface area contributed by atoms with Crippen LogP contribution < -0.4 is 0 Å². The van der Waals surface area contributed by atoms with Crippen molar-refractivity contribution in [1.29, 1.82) is 0 Å². The molecule has 3 saturated heterocycles. The Morgan fingerprint density at radius 3 is 1.80 bits per heavy atom. The Hall–Kier alpha value is -0.246. The quantitative estimate of drug-likeness (QED) is 0.117. The average Bonchev–Trinajstić information content (AvgIpc) is 4.12. The van der Waals surface area contributed by atoms with Crippen LogP contribution in [0.3, 0.4) is 0 Å². The Morgan fingerprint density at radius 1 is 0.672 bits per heavy atom. The van der Waals surface area contributed by atoms with Crippen LogP contribution in [0.15, 0.2) is 51.5 Å². The first kappa shape index (κ1) is 48.8. The second kappa shape index (κ2) is 17.6. The normalized spacial score (nSPS) is 45.1. The van der Waals surface area contributed by atoms with E-state index in [0.29, 0.717) is 65.7 Å². The number of allylic oxidation sites excluding steroid dienone is 5. The van der Waals surface area contributed by atoms with Gasteiger partial charge in [-0.15, -0.1) is 0 Å². The van der Waals surface area contributed by atoms with Crippen LogP contribution in [0.2, 0.25) is 0 Å². The molecule has 12 rings (SSSR count). The molecule has 3 spiro atoms. The maximum atomic E-state index is 13.0. The summed E-state index contributed by atoms with van der Waals surface area (Å²) in [7, 11) is 0.628. The number of rotatable bonds is 1. The minimum absolute atomic E-state index is 0.0264. The second-order valence-electron chi connectivity index (χ2n) is 21.9. The zero-order valence-electron chi connectivity index (χ0n) is 37.5. The first-order valence-corrected chi connectivity index (χ1v) is 38.7. The van der Waals surface area contributed by atoms with E-state index in [1.807, 2.05) is 13.0 Å². The van der Waals surface area contributed by atoms with Crippen molar-refractivity contribution in [3.8, 4) is 0 Å². The SMILES string of the molecule is C[C@]12CC=C3[C@@H]([C@H]4C[C@]5(CC(=O)CC[C@]35C)OC4=O)[C@@H]1CC[C@@]21CCC(=O)O1.Cc1ccc([C@@H]2CC3=CC(=O)CC[C@]3(C)C3=CC[C@@]4(C)[C@@H](CC[C@@]45CCC(=O)O5)[C@@H]32)o1.II.[I][V][I]. The van der Waals surface area contributed by atoms with Gasteiger partial charge in [-0.1, -0.05) is 56.6 Å². The van der Waals surface area contributed by atoms with E-state index in [4.69, 9.17) is 18.6 Å². The number of fused-ring (bicyclic) bond motifs is 13. The molecule has 8 aliphatic carbocycles. The van der Waals surface area contributed by atoms with Crippen LogP contribution in [0.4, 0.5) is 0 Å². The van der Waals surface area contributed by atoms with Gasteiger partial charge in [0.25, 0.3) is 0 Å². The van der Waals surface area contributed by atoms with Crippen molar-refractivity contribution in [1.82, 2.24) is 0 Å². The Bertz CT molecular complexity index is 2250. The summed E-state index contributed by atoms with van der Waals surface area (Å²) in [6.45, 7) is 11.3. The van der Waals surface area contributed by atoms with Crippen LogP contribution in [0, 0.1) is 58.2 Å². The molecule has 2 bridgehead atoms. The van der Waals surface area contributed by atoms with Gasteiger partial charge in [0.15, 0.2) is 5.78 Å². The summed E-state index contributed by atoms with van der Waals surface area (Å²) in [5.41, 5.74) is 2.46. The molecule has 1 aromatic heterocycles. The van der Waals surface area contributed by atoms with Crippen LogP contribution in [0.5, 0.6) is 0 Å². The summed E-state index contributed by atoms with van der Waals surface area (Å²) in [5.74, 6) is 3.69. The molecule has 0 amide bonds. The molecule has 0 aromatic carbocycles. The van der Waals surface area contributed by atoms with Crippen LogP contribution in [0.1, 0.15) is 154 Å². The van der Waals surface area contributed by atoms with Gasteiger partial charge in [-0.05, 0) is 119 Å². The molecule has 14 heteroatoms. The van der Waals surface area contributed by atoms with E-state index in [9.17, 15) is 24.0 Å². The Morgan fingerprint density at radius 2 is 1.25 bits per heavy atom. The fourth-order valence-corrected chi connectivity index (χ4v) is 16.4. The molecule has 64 heavy (non-hydrogen) atoms. The molecule has 0 unspecified atom stereocenters. The van der Waals surface area contributed by atoms with Gasteiger partial charge in [-0.25, -0.2) is 0 Å². The van der Waals surface area contributed by atoms with Crippen LogP contribution in [0.25, 0.3) is 0 Å². The molecule has 3 aliphatic heterocycles. The number of furan rings is 1. The first-order chi connectivity index (χ1) is 30.4. The standard InChI is InChI=1S/C27H32O4.C23H28O5.I2.2HI.V/c1-16-4-5-22(30-16)19-15-17-14-18(28)6-10-25(17,2)20-7-11-26(3)21(24(19)20)8-12-27(26)13-9-23(29)31-27;1-20-8-4-15-18(16(20)5-9-22(20)10-6-17(25)27-22)14-12-23(28-19(14)26)11-13(24)3-7-21(15,23)2;1-2;;;/h4-5,7,14,19,21,24H,6,8-13,15H2,1-3H3;4,14,16,18H,3,5-12H2,1-2H3;;2*1H;/q;;;;;+2/p-2/t19-,21-,24+,25-,26-,27+;14-,16+,18-,20+,21-,22-,23+;;;;/m01..../s1. The summed E-state index contributed by atoms with van der Waals surface area (Å²) >= 11 is 8.98. The van der Waals surface area contributed by atoms with Crippen molar-refractivity contribution in [3.63, 3.8) is 0 Å². The third-order valence-corrected chi connectivity index (χ3v) is 19.8. The monoisotopic (exact) mass is 1360 g/mol. The fraction of sp³-hybridized carbons (Fsp3) is 0.700. The van der Waals surface area contributed by atoms with Crippen molar-refractivity contribution < 1.29 is 52.1 Å². The number of aryl methyl sites for hydroxylation is 1. The molecule has 9 nitrogen and oxygen atoms in total. The van der Waals surface area contributed by atoms with Crippen molar-refractivity contribution in [2.75, 3.05) is 0 Å². The molecule has 11 aliphatic rings. The van der Waals surface area contributed by atoms with E-state index >= 15 is 0 Å². The van der Waals surface area contributed by atoms with Crippen molar-refractivity contribution in [2.45, 2.75) is 166 Å². The molecule has 1 aromatic rings. The number of halogens is 4. The Labute approximate surface area is 430 Å². The topological polar surface area (TPSA) is 126 Å². The number of hydrogen-bond donors (Lipinski definition) is 0. The molecule has 5 saturated carbocycles. The van der Waals surface area contributed by atoms with Gasteiger partial charge in [-0.3, -0.25) is 24.0 Å². The number of hydrogen-bond acceptors (Lipinski definition) is 9. The van der Waals surface area contributed by atoms with Gasteiger partial charge < -0.3 is 18.6 Å². The molecule has 4 heterocycles. The molecule has 347 valence electrons. The van der Waals surface area contributed by atoms with Crippen LogP contribution in [-0.4, -0.2) is 46.3 Å². The van der Waals surface area contributed by atoms with Crippen molar-refractivity contribution in [2.24, 2.45) is 51.2 Å². The Kier molecular flexibility index (Phi) is 13.4. The predicted octanol–water partition coefficient (Wildman–Crippen LogP) is 12.8. The summed E-state index contributed by atoms with van der Waals surface area (Å²) in [5, 5.41) is 0. The third kappa shape index (κ3) is 7.13. The maximum absolute atomic E-state index is 13.0.